The van der Waals surface area contributed by atoms with E-state index >= 15 is 0 Å². The first-order chi connectivity index (χ1) is 10.1. The van der Waals surface area contributed by atoms with E-state index in [1.165, 1.54) is 6.07 Å². The van der Waals surface area contributed by atoms with E-state index in [-0.39, 0.29) is 23.2 Å². The van der Waals surface area contributed by atoms with Gasteiger partial charge in [-0.2, -0.15) is 0 Å². The first-order valence-corrected chi connectivity index (χ1v) is 7.37. The molecular weight excluding hydrogens is 270 g/mol. The van der Waals surface area contributed by atoms with Crippen LogP contribution in [0.1, 0.15) is 36.0 Å². The van der Waals surface area contributed by atoms with Gasteiger partial charge in [-0.25, -0.2) is 0 Å². The van der Waals surface area contributed by atoms with Crippen LogP contribution in [0.2, 0.25) is 0 Å². The normalized spacial score (nSPS) is 17.6. The molecule has 21 heavy (non-hydrogen) atoms. The minimum Gasteiger partial charge on any atom is -0.388 e. The third-order valence-corrected chi connectivity index (χ3v) is 4.28. The molecule has 0 unspecified atom stereocenters. The van der Waals surface area contributed by atoms with Crippen molar-refractivity contribution in [1.29, 1.82) is 0 Å². The Morgan fingerprint density at radius 3 is 2.38 bits per heavy atom. The molecule has 2 aliphatic rings. The maximum absolute atomic E-state index is 12.5. The highest BCUT2D eigenvalue weighted by Crippen LogP contribution is 2.44. The smallest absolute Gasteiger partial charge is 0.282 e. The summed E-state index contributed by atoms with van der Waals surface area (Å²) in [6, 6.07) is 4.72. The van der Waals surface area contributed by atoms with E-state index in [1.807, 2.05) is 0 Å². The fourth-order valence-electron chi connectivity index (χ4n) is 2.79. The van der Waals surface area contributed by atoms with Gasteiger partial charge in [-0.1, -0.05) is 0 Å². The number of hydrogen-bond donors (Lipinski definition) is 2. The highest BCUT2D eigenvalue weighted by Gasteiger charge is 2.42. The minimum absolute atomic E-state index is 0.137. The summed E-state index contributed by atoms with van der Waals surface area (Å²) < 4.78 is 0. The lowest BCUT2D eigenvalue weighted by Crippen LogP contribution is -2.38. The van der Waals surface area contributed by atoms with Gasteiger partial charge in [0.05, 0.1) is 4.92 Å². The minimum atomic E-state index is -0.502. The Hall–Kier alpha value is -2.11. The lowest BCUT2D eigenvalue weighted by atomic mass is 10.1. The van der Waals surface area contributed by atoms with Gasteiger partial charge in [0.25, 0.3) is 11.6 Å². The second-order valence-electron chi connectivity index (χ2n) is 5.91. The lowest BCUT2D eigenvalue weighted by molar-refractivity contribution is -0.385. The van der Waals surface area contributed by atoms with Crippen LogP contribution in [0.5, 0.6) is 0 Å². The van der Waals surface area contributed by atoms with Gasteiger partial charge in [-0.15, -0.1) is 0 Å². The second kappa shape index (κ2) is 5.35. The van der Waals surface area contributed by atoms with Crippen LogP contribution in [0.4, 0.5) is 11.4 Å². The summed E-state index contributed by atoms with van der Waals surface area (Å²) in [6.45, 7) is 0. The molecule has 2 fully saturated rings. The predicted molar refractivity (Wildman–Crippen MR) is 79.3 cm³/mol. The lowest BCUT2D eigenvalue weighted by Gasteiger charge is -2.17. The monoisotopic (exact) mass is 289 g/mol. The summed E-state index contributed by atoms with van der Waals surface area (Å²) in [5.41, 5.74) is 0.690. The van der Waals surface area contributed by atoms with E-state index in [0.717, 1.165) is 25.7 Å². The van der Waals surface area contributed by atoms with Crippen molar-refractivity contribution in [3.05, 3.63) is 33.9 Å². The van der Waals surface area contributed by atoms with Crippen molar-refractivity contribution >= 4 is 17.3 Å². The number of amides is 1. The molecule has 0 saturated heterocycles. The van der Waals surface area contributed by atoms with Crippen LogP contribution in [0.15, 0.2) is 18.2 Å². The first kappa shape index (κ1) is 13.9. The van der Waals surface area contributed by atoms with E-state index in [2.05, 4.69) is 10.6 Å². The number of carbonyl (C=O) groups is 1. The summed E-state index contributed by atoms with van der Waals surface area (Å²) in [6.07, 6.45) is 4.61. The Morgan fingerprint density at radius 1 is 1.29 bits per heavy atom. The molecule has 6 nitrogen and oxygen atoms in total. The number of rotatable bonds is 6. The summed E-state index contributed by atoms with van der Waals surface area (Å²) in [5.74, 6) is 0.795. The molecule has 2 N–H and O–H groups in total. The third kappa shape index (κ3) is 2.99. The molecule has 0 bridgehead atoms. The number of hydrogen-bond acceptors (Lipinski definition) is 4. The quantitative estimate of drug-likeness (QED) is 0.622. The highest BCUT2D eigenvalue weighted by atomic mass is 16.6. The maximum atomic E-state index is 12.5. The zero-order chi connectivity index (χ0) is 15.0. The van der Waals surface area contributed by atoms with Gasteiger partial charge >= 0.3 is 0 Å². The van der Waals surface area contributed by atoms with Crippen molar-refractivity contribution in [3.8, 4) is 0 Å². The number of anilines is 1. The van der Waals surface area contributed by atoms with E-state index in [0.29, 0.717) is 17.5 Å². The third-order valence-electron chi connectivity index (χ3n) is 4.28. The summed E-state index contributed by atoms with van der Waals surface area (Å²) in [5, 5.41) is 17.1. The summed E-state index contributed by atoms with van der Waals surface area (Å²) in [7, 11) is 1.72. The number of nitro benzene ring substituents is 1. The molecule has 0 aromatic heterocycles. The molecule has 0 spiro atoms. The molecule has 1 amide bonds. The Morgan fingerprint density at radius 2 is 1.90 bits per heavy atom. The van der Waals surface area contributed by atoms with Gasteiger partial charge in [0.15, 0.2) is 0 Å². The Balaban J connectivity index is 1.83. The van der Waals surface area contributed by atoms with Gasteiger partial charge in [0.2, 0.25) is 0 Å². The Kier molecular flexibility index (Phi) is 3.53. The van der Waals surface area contributed by atoms with Crippen LogP contribution in [-0.2, 0) is 0 Å². The number of benzene rings is 1. The molecule has 2 aliphatic carbocycles. The number of carbonyl (C=O) groups excluding carboxylic acids is 1. The number of nitrogens with zero attached hydrogens (tertiary/aromatic N) is 1. The molecule has 6 heteroatoms. The Bertz CT molecular complexity index is 568. The average Bonchev–Trinajstić information content (AvgIpc) is 3.36. The van der Waals surface area contributed by atoms with Gasteiger partial charge < -0.3 is 10.6 Å². The summed E-state index contributed by atoms with van der Waals surface area (Å²) in [4.78, 5) is 23.1. The van der Waals surface area contributed by atoms with Crippen molar-refractivity contribution in [3.63, 3.8) is 0 Å². The molecule has 1 aromatic rings. The Labute approximate surface area is 123 Å². The van der Waals surface area contributed by atoms with Crippen LogP contribution < -0.4 is 10.6 Å². The zero-order valence-corrected chi connectivity index (χ0v) is 12.0. The van der Waals surface area contributed by atoms with E-state index in [1.54, 1.807) is 19.2 Å². The first-order valence-electron chi connectivity index (χ1n) is 7.37. The molecule has 0 atom stereocenters. The molecule has 3 rings (SSSR count). The highest BCUT2D eigenvalue weighted by molar-refractivity contribution is 5.99. The fraction of sp³-hybridized carbons (Fsp3) is 0.533. The molecule has 0 heterocycles. The van der Waals surface area contributed by atoms with Crippen LogP contribution in [0.3, 0.4) is 0 Å². The van der Waals surface area contributed by atoms with E-state index < -0.39 is 4.92 Å². The van der Waals surface area contributed by atoms with Crippen LogP contribution in [0.25, 0.3) is 0 Å². The van der Waals surface area contributed by atoms with Gasteiger partial charge in [-0.3, -0.25) is 14.9 Å². The molecule has 112 valence electrons. The molecule has 1 aromatic carbocycles. The van der Waals surface area contributed by atoms with Crippen LogP contribution in [-0.4, -0.2) is 23.9 Å². The fourth-order valence-corrected chi connectivity index (χ4v) is 2.79. The molecular formula is C15H19N3O3. The SMILES string of the molecule is CNc1ccc([N+](=O)[O-])c(C(=O)NC(C2CC2)C2CC2)c1. The molecule has 0 aliphatic heterocycles. The van der Waals surface area contributed by atoms with Crippen LogP contribution in [0, 0.1) is 22.0 Å². The van der Waals surface area contributed by atoms with Crippen molar-refractivity contribution < 1.29 is 9.72 Å². The molecule has 0 radical (unpaired) electrons. The topological polar surface area (TPSA) is 84.3 Å². The predicted octanol–water partition coefficient (Wildman–Crippen LogP) is 2.55. The van der Waals surface area contributed by atoms with Crippen LogP contribution >= 0.6 is 0 Å². The van der Waals surface area contributed by atoms with Crippen molar-refractivity contribution in [2.24, 2.45) is 11.8 Å². The second-order valence-corrected chi connectivity index (χ2v) is 5.91. The van der Waals surface area contributed by atoms with Crippen molar-refractivity contribution in [1.82, 2.24) is 5.32 Å². The van der Waals surface area contributed by atoms with Crippen molar-refractivity contribution in [2.45, 2.75) is 31.7 Å². The molecule has 2 saturated carbocycles. The largest absolute Gasteiger partial charge is 0.388 e. The summed E-state index contributed by atoms with van der Waals surface area (Å²) >= 11 is 0. The van der Waals surface area contributed by atoms with Gasteiger partial charge in [0, 0.05) is 24.8 Å². The maximum Gasteiger partial charge on any atom is 0.282 e. The zero-order valence-electron chi connectivity index (χ0n) is 12.0. The van der Waals surface area contributed by atoms with Gasteiger partial charge in [0.1, 0.15) is 5.56 Å². The van der Waals surface area contributed by atoms with E-state index in [9.17, 15) is 14.9 Å². The number of nitro groups is 1. The average molecular weight is 289 g/mol. The standard InChI is InChI=1S/C15H19N3O3/c1-16-11-6-7-13(18(20)21)12(8-11)15(19)17-14(9-2-3-9)10-4-5-10/h6-10,14,16H,2-5H2,1H3,(H,17,19). The van der Waals surface area contributed by atoms with Gasteiger partial charge in [-0.05, 0) is 49.7 Å². The van der Waals surface area contributed by atoms with Crippen molar-refractivity contribution in [2.75, 3.05) is 12.4 Å². The number of nitrogens with one attached hydrogen (secondary N) is 2. The van der Waals surface area contributed by atoms with E-state index in [4.69, 9.17) is 0 Å².